The van der Waals surface area contributed by atoms with E-state index >= 15 is 0 Å². The van der Waals surface area contributed by atoms with Crippen LogP contribution in [-0.4, -0.2) is 58.2 Å². The molecule has 1 saturated heterocycles. The molecule has 0 bridgehead atoms. The standard InChI is InChI=1S/C21H36N4O/c1-5-25-19-11-10-17(23(4)15-16(2)3)14-18(19)20(22-25)21(26)24-12-8-6-7-9-13-24/h16-17H,5-15H2,1-4H3/t17-/m1/s1. The topological polar surface area (TPSA) is 41.4 Å². The summed E-state index contributed by atoms with van der Waals surface area (Å²) in [7, 11) is 2.23. The molecule has 2 aliphatic rings. The van der Waals surface area contributed by atoms with Gasteiger partial charge in [-0.3, -0.25) is 9.48 Å². The first-order chi connectivity index (χ1) is 12.5. The monoisotopic (exact) mass is 360 g/mol. The van der Waals surface area contributed by atoms with Gasteiger partial charge in [0.1, 0.15) is 0 Å². The van der Waals surface area contributed by atoms with E-state index in [9.17, 15) is 4.79 Å². The summed E-state index contributed by atoms with van der Waals surface area (Å²) in [6.45, 7) is 10.4. The Balaban J connectivity index is 1.83. The Bertz CT molecular complexity index is 614. The van der Waals surface area contributed by atoms with Crippen molar-refractivity contribution in [1.82, 2.24) is 19.6 Å². The van der Waals surface area contributed by atoms with Gasteiger partial charge < -0.3 is 9.80 Å². The van der Waals surface area contributed by atoms with Crippen LogP contribution in [0.3, 0.4) is 0 Å². The molecule has 2 heterocycles. The minimum absolute atomic E-state index is 0.169. The molecule has 0 aromatic carbocycles. The van der Waals surface area contributed by atoms with Crippen LogP contribution in [0.2, 0.25) is 0 Å². The van der Waals surface area contributed by atoms with Crippen LogP contribution in [0.5, 0.6) is 0 Å². The van der Waals surface area contributed by atoms with Gasteiger partial charge in [-0.05, 0) is 52.0 Å². The van der Waals surface area contributed by atoms with E-state index in [1.165, 1.54) is 30.5 Å². The van der Waals surface area contributed by atoms with Gasteiger partial charge in [0, 0.05) is 43.5 Å². The third kappa shape index (κ3) is 4.13. The van der Waals surface area contributed by atoms with Crippen molar-refractivity contribution in [3.05, 3.63) is 17.0 Å². The average molecular weight is 361 g/mol. The molecule has 1 amide bonds. The number of aryl methyl sites for hydroxylation is 1. The van der Waals surface area contributed by atoms with Crippen LogP contribution in [0.25, 0.3) is 0 Å². The zero-order valence-electron chi connectivity index (χ0n) is 17.1. The van der Waals surface area contributed by atoms with E-state index in [1.807, 2.05) is 0 Å². The number of aromatic nitrogens is 2. The van der Waals surface area contributed by atoms with Crippen molar-refractivity contribution >= 4 is 5.91 Å². The van der Waals surface area contributed by atoms with Crippen LogP contribution in [0.4, 0.5) is 0 Å². The van der Waals surface area contributed by atoms with Crippen molar-refractivity contribution in [2.45, 2.75) is 78.3 Å². The van der Waals surface area contributed by atoms with Gasteiger partial charge in [-0.25, -0.2) is 0 Å². The number of rotatable bonds is 5. The molecule has 0 unspecified atom stereocenters. The maximum atomic E-state index is 13.2. The number of hydrogen-bond acceptors (Lipinski definition) is 3. The second-order valence-corrected chi connectivity index (χ2v) is 8.53. The van der Waals surface area contributed by atoms with Gasteiger partial charge in [-0.2, -0.15) is 5.10 Å². The summed E-state index contributed by atoms with van der Waals surface area (Å²) in [6, 6.07) is 0.523. The van der Waals surface area contributed by atoms with E-state index in [1.54, 1.807) is 0 Å². The number of carbonyl (C=O) groups is 1. The molecule has 26 heavy (non-hydrogen) atoms. The lowest BCUT2D eigenvalue weighted by atomic mass is 9.90. The predicted molar refractivity (Wildman–Crippen MR) is 106 cm³/mol. The molecule has 1 atom stereocenters. The minimum Gasteiger partial charge on any atom is -0.337 e. The highest BCUT2D eigenvalue weighted by Gasteiger charge is 2.32. The van der Waals surface area contributed by atoms with Crippen molar-refractivity contribution in [2.75, 3.05) is 26.7 Å². The lowest BCUT2D eigenvalue weighted by Gasteiger charge is -2.33. The Kier molecular flexibility index (Phi) is 6.38. The van der Waals surface area contributed by atoms with E-state index in [-0.39, 0.29) is 5.91 Å². The maximum Gasteiger partial charge on any atom is 0.274 e. The highest BCUT2D eigenvalue weighted by atomic mass is 16.2. The normalized spacial score (nSPS) is 21.2. The largest absolute Gasteiger partial charge is 0.337 e. The Morgan fingerprint density at radius 2 is 1.92 bits per heavy atom. The molecule has 1 aromatic heterocycles. The fourth-order valence-corrected chi connectivity index (χ4v) is 4.63. The summed E-state index contributed by atoms with van der Waals surface area (Å²) in [5, 5.41) is 4.78. The Labute approximate surface area is 158 Å². The lowest BCUT2D eigenvalue weighted by Crippen LogP contribution is -2.39. The van der Waals surface area contributed by atoms with Gasteiger partial charge >= 0.3 is 0 Å². The first-order valence-electron chi connectivity index (χ1n) is 10.6. The van der Waals surface area contributed by atoms with Crippen molar-refractivity contribution < 1.29 is 4.79 Å². The van der Waals surface area contributed by atoms with Crippen LogP contribution in [0.15, 0.2) is 0 Å². The molecule has 5 nitrogen and oxygen atoms in total. The first-order valence-corrected chi connectivity index (χ1v) is 10.6. The van der Waals surface area contributed by atoms with E-state index < -0.39 is 0 Å². The van der Waals surface area contributed by atoms with E-state index in [2.05, 4.69) is 42.3 Å². The van der Waals surface area contributed by atoms with Gasteiger partial charge in [0.25, 0.3) is 5.91 Å². The first kappa shape index (κ1) is 19.4. The molecular formula is C21H36N4O. The second-order valence-electron chi connectivity index (χ2n) is 8.53. The summed E-state index contributed by atoms with van der Waals surface area (Å²) in [6.07, 6.45) is 7.91. The number of fused-ring (bicyclic) bond motifs is 1. The number of nitrogens with zero attached hydrogens (tertiary/aromatic N) is 4. The fourth-order valence-electron chi connectivity index (χ4n) is 4.63. The van der Waals surface area contributed by atoms with Crippen molar-refractivity contribution in [3.63, 3.8) is 0 Å². The second kappa shape index (κ2) is 8.55. The molecule has 1 fully saturated rings. The van der Waals surface area contributed by atoms with E-state index in [4.69, 9.17) is 5.10 Å². The number of likely N-dealkylation sites (tertiary alicyclic amines) is 1. The number of amides is 1. The van der Waals surface area contributed by atoms with Crippen LogP contribution in [0.1, 0.15) is 74.6 Å². The number of carbonyl (C=O) groups excluding carboxylic acids is 1. The van der Waals surface area contributed by atoms with Gasteiger partial charge in [-0.1, -0.05) is 26.7 Å². The summed E-state index contributed by atoms with van der Waals surface area (Å²) in [5.74, 6) is 0.834. The summed E-state index contributed by atoms with van der Waals surface area (Å²) in [5.41, 5.74) is 3.28. The number of hydrogen-bond donors (Lipinski definition) is 0. The number of likely N-dealkylation sites (N-methyl/N-ethyl adjacent to an activating group) is 1. The maximum absolute atomic E-state index is 13.2. The summed E-state index contributed by atoms with van der Waals surface area (Å²) < 4.78 is 2.08. The molecule has 146 valence electrons. The molecule has 0 saturated carbocycles. The van der Waals surface area contributed by atoms with E-state index in [0.717, 1.165) is 57.6 Å². The van der Waals surface area contributed by atoms with E-state index in [0.29, 0.717) is 12.0 Å². The van der Waals surface area contributed by atoms with Crippen LogP contribution in [-0.2, 0) is 19.4 Å². The fraction of sp³-hybridized carbons (Fsp3) is 0.810. The van der Waals surface area contributed by atoms with Gasteiger partial charge in [0.05, 0.1) is 0 Å². The highest BCUT2D eigenvalue weighted by molar-refractivity contribution is 5.94. The molecule has 0 radical (unpaired) electrons. The smallest absolute Gasteiger partial charge is 0.274 e. The third-order valence-corrected chi connectivity index (χ3v) is 5.99. The molecule has 0 spiro atoms. The highest BCUT2D eigenvalue weighted by Crippen LogP contribution is 2.28. The van der Waals surface area contributed by atoms with Crippen LogP contribution >= 0.6 is 0 Å². The zero-order chi connectivity index (χ0) is 18.7. The van der Waals surface area contributed by atoms with Crippen molar-refractivity contribution in [2.24, 2.45) is 5.92 Å². The SMILES string of the molecule is CCn1nc(C(=O)N2CCCCCC2)c2c1CC[C@@H](N(C)CC(C)C)C2. The molecule has 1 aliphatic carbocycles. The lowest BCUT2D eigenvalue weighted by molar-refractivity contribution is 0.0753. The molecule has 3 rings (SSSR count). The molecule has 0 N–H and O–H groups in total. The summed E-state index contributed by atoms with van der Waals surface area (Å²) in [4.78, 5) is 17.8. The van der Waals surface area contributed by atoms with Gasteiger partial charge in [0.15, 0.2) is 5.69 Å². The van der Waals surface area contributed by atoms with Crippen molar-refractivity contribution in [1.29, 1.82) is 0 Å². The van der Waals surface area contributed by atoms with Gasteiger partial charge in [0.2, 0.25) is 0 Å². The Morgan fingerprint density at radius 1 is 1.23 bits per heavy atom. The Hall–Kier alpha value is -1.36. The quantitative estimate of drug-likeness (QED) is 0.808. The summed E-state index contributed by atoms with van der Waals surface area (Å²) >= 11 is 0. The predicted octanol–water partition coefficient (Wildman–Crippen LogP) is 3.36. The minimum atomic E-state index is 0.169. The van der Waals surface area contributed by atoms with Crippen LogP contribution in [0, 0.1) is 5.92 Å². The molecule has 5 heteroatoms. The average Bonchev–Trinajstić information content (AvgIpc) is 2.79. The van der Waals surface area contributed by atoms with Crippen molar-refractivity contribution in [3.8, 4) is 0 Å². The third-order valence-electron chi connectivity index (χ3n) is 5.99. The van der Waals surface area contributed by atoms with Gasteiger partial charge in [-0.15, -0.1) is 0 Å². The zero-order valence-corrected chi connectivity index (χ0v) is 17.1. The molecular weight excluding hydrogens is 324 g/mol. The molecule has 1 aliphatic heterocycles. The Morgan fingerprint density at radius 3 is 2.54 bits per heavy atom. The molecule has 1 aromatic rings. The van der Waals surface area contributed by atoms with Crippen LogP contribution < -0.4 is 0 Å².